The zero-order chi connectivity index (χ0) is 15.1. The summed E-state index contributed by atoms with van der Waals surface area (Å²) in [6.45, 7) is 0.204. The molecule has 0 aromatic heterocycles. The fourth-order valence-corrected chi connectivity index (χ4v) is 1.82. The van der Waals surface area contributed by atoms with Crippen LogP contribution in [0, 0.1) is 0 Å². The molecule has 0 unspecified atom stereocenters. The van der Waals surface area contributed by atoms with Crippen molar-refractivity contribution in [2.45, 2.75) is 38.3 Å². The normalized spacial score (nSPS) is 14.4. The Morgan fingerprint density at radius 3 is 2.62 bits per heavy atom. The summed E-state index contributed by atoms with van der Waals surface area (Å²) < 4.78 is 28.3. The van der Waals surface area contributed by atoms with E-state index in [-0.39, 0.29) is 18.9 Å². The summed E-state index contributed by atoms with van der Waals surface area (Å²) >= 11 is 0. The van der Waals surface area contributed by atoms with Crippen molar-refractivity contribution in [1.29, 1.82) is 0 Å². The molecule has 1 aromatic carbocycles. The molecule has 0 bridgehead atoms. The molecule has 1 aliphatic carbocycles. The van der Waals surface area contributed by atoms with Crippen LogP contribution in [0.25, 0.3) is 0 Å². The quantitative estimate of drug-likeness (QED) is 0.689. The standard InChI is InChI=1S/C15H20F2N2O2/c16-14(17)10-21-8-7-15(20)19-13-3-1-11(2-4-13)9-18-12-5-6-12/h1-4,12,14,18H,5-10H2,(H,19,20). The van der Waals surface area contributed by atoms with Gasteiger partial charge in [-0.3, -0.25) is 4.79 Å². The Bertz CT molecular complexity index is 447. The number of halogens is 2. The molecular weight excluding hydrogens is 278 g/mol. The van der Waals surface area contributed by atoms with Crippen molar-refractivity contribution in [1.82, 2.24) is 5.32 Å². The second kappa shape index (κ2) is 8.05. The number of rotatable bonds is 9. The van der Waals surface area contributed by atoms with E-state index in [9.17, 15) is 13.6 Å². The molecule has 0 atom stereocenters. The molecule has 0 spiro atoms. The van der Waals surface area contributed by atoms with Gasteiger partial charge in [-0.25, -0.2) is 8.78 Å². The molecule has 1 amide bonds. The minimum Gasteiger partial charge on any atom is -0.375 e. The third-order valence-corrected chi connectivity index (χ3v) is 3.13. The van der Waals surface area contributed by atoms with Gasteiger partial charge >= 0.3 is 0 Å². The first-order valence-electron chi connectivity index (χ1n) is 7.11. The highest BCUT2D eigenvalue weighted by molar-refractivity contribution is 5.90. The van der Waals surface area contributed by atoms with Crippen LogP contribution in [0.4, 0.5) is 14.5 Å². The summed E-state index contributed by atoms with van der Waals surface area (Å²) in [7, 11) is 0. The molecular formula is C15H20F2N2O2. The van der Waals surface area contributed by atoms with Crippen LogP contribution in [0.5, 0.6) is 0 Å². The predicted molar refractivity (Wildman–Crippen MR) is 76.4 cm³/mol. The monoisotopic (exact) mass is 298 g/mol. The van der Waals surface area contributed by atoms with Gasteiger partial charge in [0.2, 0.25) is 5.91 Å². The van der Waals surface area contributed by atoms with Crippen LogP contribution < -0.4 is 10.6 Å². The lowest BCUT2D eigenvalue weighted by Gasteiger charge is -2.07. The summed E-state index contributed by atoms with van der Waals surface area (Å²) in [5.41, 5.74) is 1.86. The number of hydrogen-bond donors (Lipinski definition) is 2. The number of alkyl halides is 2. The van der Waals surface area contributed by atoms with Crippen LogP contribution in [0.15, 0.2) is 24.3 Å². The maximum absolute atomic E-state index is 11.8. The highest BCUT2D eigenvalue weighted by Gasteiger charge is 2.19. The van der Waals surface area contributed by atoms with Gasteiger partial charge in [0, 0.05) is 18.3 Å². The first-order valence-corrected chi connectivity index (χ1v) is 7.11. The Labute approximate surface area is 122 Å². The largest absolute Gasteiger partial charge is 0.375 e. The third kappa shape index (κ3) is 6.64. The van der Waals surface area contributed by atoms with Crippen molar-refractivity contribution in [3.63, 3.8) is 0 Å². The van der Waals surface area contributed by atoms with Gasteiger partial charge < -0.3 is 15.4 Å². The molecule has 2 N–H and O–H groups in total. The summed E-state index contributed by atoms with van der Waals surface area (Å²) in [5, 5.41) is 6.12. The number of anilines is 1. The summed E-state index contributed by atoms with van der Waals surface area (Å²) in [4.78, 5) is 11.6. The van der Waals surface area contributed by atoms with Crippen molar-refractivity contribution in [2.24, 2.45) is 0 Å². The number of ether oxygens (including phenoxy) is 1. The van der Waals surface area contributed by atoms with Crippen LogP contribution in [0.1, 0.15) is 24.8 Å². The molecule has 1 aromatic rings. The highest BCUT2D eigenvalue weighted by atomic mass is 19.3. The van der Waals surface area contributed by atoms with E-state index < -0.39 is 13.0 Å². The van der Waals surface area contributed by atoms with Crippen LogP contribution in [0.3, 0.4) is 0 Å². The van der Waals surface area contributed by atoms with Crippen molar-refractivity contribution < 1.29 is 18.3 Å². The van der Waals surface area contributed by atoms with Crippen molar-refractivity contribution in [3.8, 4) is 0 Å². The average Bonchev–Trinajstić information content (AvgIpc) is 3.27. The van der Waals surface area contributed by atoms with Gasteiger partial charge in [-0.2, -0.15) is 0 Å². The Kier molecular flexibility index (Phi) is 6.07. The zero-order valence-corrected chi connectivity index (χ0v) is 11.8. The number of carbonyl (C=O) groups is 1. The molecule has 1 aliphatic rings. The fraction of sp³-hybridized carbons (Fsp3) is 0.533. The van der Waals surface area contributed by atoms with Crippen molar-refractivity contribution in [3.05, 3.63) is 29.8 Å². The SMILES string of the molecule is O=C(CCOCC(F)F)Nc1ccc(CNC2CC2)cc1. The number of amides is 1. The smallest absolute Gasteiger partial charge is 0.261 e. The van der Waals surface area contributed by atoms with Crippen molar-refractivity contribution >= 4 is 11.6 Å². The second-order valence-electron chi connectivity index (χ2n) is 5.12. The molecule has 1 saturated carbocycles. The lowest BCUT2D eigenvalue weighted by molar-refractivity contribution is -0.117. The van der Waals surface area contributed by atoms with E-state index in [1.807, 2.05) is 24.3 Å². The number of hydrogen-bond acceptors (Lipinski definition) is 3. The van der Waals surface area contributed by atoms with E-state index in [1.54, 1.807) is 0 Å². The second-order valence-corrected chi connectivity index (χ2v) is 5.12. The van der Waals surface area contributed by atoms with Gasteiger partial charge in [0.1, 0.15) is 6.61 Å². The maximum Gasteiger partial charge on any atom is 0.261 e. The molecule has 0 aliphatic heterocycles. The Morgan fingerprint density at radius 1 is 1.29 bits per heavy atom. The minimum absolute atomic E-state index is 0.000431. The zero-order valence-electron chi connectivity index (χ0n) is 11.8. The Morgan fingerprint density at radius 2 is 2.00 bits per heavy atom. The van der Waals surface area contributed by atoms with Crippen LogP contribution in [-0.4, -0.2) is 31.6 Å². The van der Waals surface area contributed by atoms with Gasteiger partial charge in [-0.05, 0) is 30.5 Å². The molecule has 21 heavy (non-hydrogen) atoms. The summed E-state index contributed by atoms with van der Waals surface area (Å²) in [6.07, 6.45) is 0.0752. The average molecular weight is 298 g/mol. The number of nitrogens with one attached hydrogen (secondary N) is 2. The number of benzene rings is 1. The van der Waals surface area contributed by atoms with Crippen LogP contribution >= 0.6 is 0 Å². The summed E-state index contributed by atoms with van der Waals surface area (Å²) in [5.74, 6) is -0.242. The van der Waals surface area contributed by atoms with E-state index in [4.69, 9.17) is 0 Å². The lowest BCUT2D eigenvalue weighted by atomic mass is 10.2. The van der Waals surface area contributed by atoms with E-state index in [1.165, 1.54) is 18.4 Å². The van der Waals surface area contributed by atoms with E-state index in [0.29, 0.717) is 11.7 Å². The molecule has 4 nitrogen and oxygen atoms in total. The van der Waals surface area contributed by atoms with E-state index in [0.717, 1.165) is 6.54 Å². The van der Waals surface area contributed by atoms with Gasteiger partial charge in [0.15, 0.2) is 0 Å². The molecule has 0 saturated heterocycles. The van der Waals surface area contributed by atoms with E-state index >= 15 is 0 Å². The molecule has 116 valence electrons. The van der Waals surface area contributed by atoms with Gasteiger partial charge in [0.05, 0.1) is 13.0 Å². The Balaban J connectivity index is 1.65. The molecule has 0 heterocycles. The van der Waals surface area contributed by atoms with E-state index in [2.05, 4.69) is 15.4 Å². The first-order chi connectivity index (χ1) is 10.1. The van der Waals surface area contributed by atoms with Gasteiger partial charge in [-0.1, -0.05) is 12.1 Å². The minimum atomic E-state index is -2.50. The third-order valence-electron chi connectivity index (χ3n) is 3.13. The fourth-order valence-electron chi connectivity index (χ4n) is 1.82. The molecule has 6 heteroatoms. The van der Waals surface area contributed by atoms with Gasteiger partial charge in [0.25, 0.3) is 6.43 Å². The maximum atomic E-state index is 11.8. The van der Waals surface area contributed by atoms with Crippen molar-refractivity contribution in [2.75, 3.05) is 18.5 Å². The van der Waals surface area contributed by atoms with Crippen LogP contribution in [-0.2, 0) is 16.1 Å². The number of carbonyl (C=O) groups excluding carboxylic acids is 1. The van der Waals surface area contributed by atoms with Crippen LogP contribution in [0.2, 0.25) is 0 Å². The molecule has 1 fully saturated rings. The summed E-state index contributed by atoms with van der Waals surface area (Å²) in [6, 6.07) is 8.25. The highest BCUT2D eigenvalue weighted by Crippen LogP contribution is 2.19. The Hall–Kier alpha value is -1.53. The van der Waals surface area contributed by atoms with Gasteiger partial charge in [-0.15, -0.1) is 0 Å². The molecule has 0 radical (unpaired) electrons. The predicted octanol–water partition coefficient (Wildman–Crippen LogP) is 2.55. The first kappa shape index (κ1) is 15.9. The lowest BCUT2D eigenvalue weighted by Crippen LogP contribution is -2.16. The topological polar surface area (TPSA) is 50.4 Å². The molecule has 2 rings (SSSR count).